The van der Waals surface area contributed by atoms with Crippen molar-refractivity contribution < 1.29 is 0 Å². The predicted molar refractivity (Wildman–Crippen MR) is 50.6 cm³/mol. The lowest BCUT2D eigenvalue weighted by Gasteiger charge is -2.16. The van der Waals surface area contributed by atoms with E-state index in [1.165, 1.54) is 32.1 Å². The topological polar surface area (TPSA) is 0 Å². The molecule has 0 bridgehead atoms. The summed E-state index contributed by atoms with van der Waals surface area (Å²) in [7, 11) is 0. The third-order valence-corrected chi connectivity index (χ3v) is 3.01. The molecule has 1 rings (SSSR count). The van der Waals surface area contributed by atoms with Crippen LogP contribution >= 0.6 is 0 Å². The molecule has 0 saturated heterocycles. The van der Waals surface area contributed by atoms with Gasteiger partial charge in [0.15, 0.2) is 0 Å². The average molecular weight is 152 g/mol. The first kappa shape index (κ1) is 8.83. The highest BCUT2D eigenvalue weighted by atomic mass is 14.5. The molecule has 0 aromatic rings. The van der Waals surface area contributed by atoms with Crippen molar-refractivity contribution in [3.8, 4) is 0 Å². The zero-order valence-corrected chi connectivity index (χ0v) is 7.90. The summed E-state index contributed by atoms with van der Waals surface area (Å²) in [6.45, 7) is 8.47. The van der Waals surface area contributed by atoms with Crippen LogP contribution in [0, 0.1) is 11.3 Å². The highest BCUT2D eigenvalue weighted by Crippen LogP contribution is 2.53. The number of hydrogen-bond acceptors (Lipinski definition) is 0. The molecule has 1 unspecified atom stereocenters. The molecule has 0 nitrogen and oxygen atoms in total. The quantitative estimate of drug-likeness (QED) is 0.526. The van der Waals surface area contributed by atoms with Crippen LogP contribution in [0.25, 0.3) is 0 Å². The Morgan fingerprint density at radius 1 is 1.55 bits per heavy atom. The van der Waals surface area contributed by atoms with E-state index >= 15 is 0 Å². The summed E-state index contributed by atoms with van der Waals surface area (Å²) in [4.78, 5) is 0. The highest BCUT2D eigenvalue weighted by molar-refractivity contribution is 4.98. The standard InChI is InChI=1S/C11H20/c1-4-6-11(7-8-11)9-10(3)5-2/h4,10H,1,5-9H2,2-3H3. The smallest absolute Gasteiger partial charge is 0.0260 e. The first-order chi connectivity index (χ1) is 5.22. The Labute approximate surface area is 70.7 Å². The number of hydrogen-bond donors (Lipinski definition) is 0. The summed E-state index contributed by atoms with van der Waals surface area (Å²) in [6.07, 6.45) is 8.99. The van der Waals surface area contributed by atoms with Gasteiger partial charge in [0.2, 0.25) is 0 Å². The highest BCUT2D eigenvalue weighted by Gasteiger charge is 2.41. The van der Waals surface area contributed by atoms with Crippen LogP contribution < -0.4 is 0 Å². The summed E-state index contributed by atoms with van der Waals surface area (Å²) in [5.74, 6) is 0.914. The van der Waals surface area contributed by atoms with E-state index in [4.69, 9.17) is 0 Å². The molecule has 1 atom stereocenters. The van der Waals surface area contributed by atoms with Gasteiger partial charge in [-0.05, 0) is 37.0 Å². The van der Waals surface area contributed by atoms with Gasteiger partial charge in [-0.25, -0.2) is 0 Å². The van der Waals surface area contributed by atoms with Gasteiger partial charge in [-0.15, -0.1) is 6.58 Å². The molecule has 1 aliphatic carbocycles. The fraction of sp³-hybridized carbons (Fsp3) is 0.818. The Bertz CT molecular complexity index is 131. The largest absolute Gasteiger partial charge is 0.103 e. The molecule has 0 spiro atoms. The van der Waals surface area contributed by atoms with Crippen LogP contribution in [0.3, 0.4) is 0 Å². The van der Waals surface area contributed by atoms with Crippen LogP contribution in [0.2, 0.25) is 0 Å². The van der Waals surface area contributed by atoms with Gasteiger partial charge in [0.1, 0.15) is 0 Å². The zero-order chi connectivity index (χ0) is 8.32. The maximum atomic E-state index is 3.82. The molecular formula is C11H20. The average Bonchev–Trinajstić information content (AvgIpc) is 2.70. The first-order valence-electron chi connectivity index (χ1n) is 4.83. The van der Waals surface area contributed by atoms with Gasteiger partial charge in [0.25, 0.3) is 0 Å². The van der Waals surface area contributed by atoms with Gasteiger partial charge < -0.3 is 0 Å². The molecule has 1 aliphatic rings. The first-order valence-corrected chi connectivity index (χ1v) is 4.83. The van der Waals surface area contributed by atoms with Crippen molar-refractivity contribution in [1.29, 1.82) is 0 Å². The van der Waals surface area contributed by atoms with Gasteiger partial charge in [-0.2, -0.15) is 0 Å². The van der Waals surface area contributed by atoms with Gasteiger partial charge in [-0.1, -0.05) is 26.3 Å². The monoisotopic (exact) mass is 152 g/mol. The van der Waals surface area contributed by atoms with E-state index in [0.717, 1.165) is 5.92 Å². The lowest BCUT2D eigenvalue weighted by Crippen LogP contribution is -2.05. The molecular weight excluding hydrogens is 132 g/mol. The lowest BCUT2D eigenvalue weighted by molar-refractivity contribution is 0.366. The van der Waals surface area contributed by atoms with E-state index in [1.54, 1.807) is 0 Å². The minimum atomic E-state index is 0.706. The second kappa shape index (κ2) is 3.42. The molecule has 0 aromatic carbocycles. The Hall–Kier alpha value is -0.260. The van der Waals surface area contributed by atoms with Crippen LogP contribution in [0.15, 0.2) is 12.7 Å². The van der Waals surface area contributed by atoms with Crippen molar-refractivity contribution in [2.24, 2.45) is 11.3 Å². The van der Waals surface area contributed by atoms with Crippen LogP contribution in [-0.4, -0.2) is 0 Å². The molecule has 1 fully saturated rings. The van der Waals surface area contributed by atoms with Crippen molar-refractivity contribution in [2.75, 3.05) is 0 Å². The van der Waals surface area contributed by atoms with Gasteiger partial charge in [-0.3, -0.25) is 0 Å². The second-order valence-corrected chi connectivity index (χ2v) is 4.21. The fourth-order valence-electron chi connectivity index (χ4n) is 1.86. The maximum Gasteiger partial charge on any atom is -0.0260 e. The van der Waals surface area contributed by atoms with E-state index in [1.807, 2.05) is 0 Å². The number of allylic oxidation sites excluding steroid dienone is 1. The maximum absolute atomic E-state index is 3.82. The lowest BCUT2D eigenvalue weighted by atomic mass is 9.89. The molecule has 0 radical (unpaired) electrons. The summed E-state index contributed by atoms with van der Waals surface area (Å²) < 4.78 is 0. The van der Waals surface area contributed by atoms with E-state index in [2.05, 4.69) is 26.5 Å². The summed E-state index contributed by atoms with van der Waals surface area (Å²) in [6, 6.07) is 0. The second-order valence-electron chi connectivity index (χ2n) is 4.21. The Balaban J connectivity index is 2.28. The van der Waals surface area contributed by atoms with Crippen molar-refractivity contribution in [1.82, 2.24) is 0 Å². The molecule has 0 heterocycles. The van der Waals surface area contributed by atoms with E-state index in [-0.39, 0.29) is 0 Å². The molecule has 11 heavy (non-hydrogen) atoms. The van der Waals surface area contributed by atoms with Crippen LogP contribution in [0.5, 0.6) is 0 Å². The van der Waals surface area contributed by atoms with Crippen molar-refractivity contribution in [3.05, 3.63) is 12.7 Å². The van der Waals surface area contributed by atoms with E-state index in [9.17, 15) is 0 Å². The van der Waals surface area contributed by atoms with Crippen molar-refractivity contribution >= 4 is 0 Å². The minimum Gasteiger partial charge on any atom is -0.103 e. The van der Waals surface area contributed by atoms with Crippen LogP contribution in [0.4, 0.5) is 0 Å². The third-order valence-electron chi connectivity index (χ3n) is 3.01. The predicted octanol–water partition coefficient (Wildman–Crippen LogP) is 3.78. The summed E-state index contributed by atoms with van der Waals surface area (Å²) in [5, 5.41) is 0. The molecule has 0 aromatic heterocycles. The molecule has 0 heteroatoms. The zero-order valence-electron chi connectivity index (χ0n) is 7.90. The molecule has 64 valence electrons. The van der Waals surface area contributed by atoms with Crippen LogP contribution in [0.1, 0.15) is 46.0 Å². The van der Waals surface area contributed by atoms with Gasteiger partial charge >= 0.3 is 0 Å². The normalized spacial score (nSPS) is 22.7. The minimum absolute atomic E-state index is 0.706. The molecule has 1 saturated carbocycles. The third kappa shape index (κ3) is 2.36. The van der Waals surface area contributed by atoms with Crippen molar-refractivity contribution in [3.63, 3.8) is 0 Å². The van der Waals surface area contributed by atoms with Crippen LogP contribution in [-0.2, 0) is 0 Å². The van der Waals surface area contributed by atoms with E-state index < -0.39 is 0 Å². The number of rotatable bonds is 5. The molecule has 0 amide bonds. The summed E-state index contributed by atoms with van der Waals surface area (Å²) in [5.41, 5.74) is 0.706. The molecule has 0 aliphatic heterocycles. The Morgan fingerprint density at radius 2 is 2.18 bits per heavy atom. The van der Waals surface area contributed by atoms with Gasteiger partial charge in [0, 0.05) is 0 Å². The Kier molecular flexibility index (Phi) is 2.75. The molecule has 0 N–H and O–H groups in total. The Morgan fingerprint density at radius 3 is 2.55 bits per heavy atom. The summed E-state index contributed by atoms with van der Waals surface area (Å²) >= 11 is 0. The SMILES string of the molecule is C=CCC1(CC(C)CC)CC1. The van der Waals surface area contributed by atoms with Gasteiger partial charge in [0.05, 0.1) is 0 Å². The van der Waals surface area contributed by atoms with Crippen molar-refractivity contribution in [2.45, 2.75) is 46.0 Å². The fourth-order valence-corrected chi connectivity index (χ4v) is 1.86. The van der Waals surface area contributed by atoms with E-state index in [0.29, 0.717) is 5.41 Å².